The molecule has 0 saturated carbocycles. The molecule has 0 spiro atoms. The minimum atomic E-state index is -0.196. The molecule has 0 bridgehead atoms. The molecule has 1 aliphatic rings. The number of para-hydroxylation sites is 1. The molecule has 0 amide bonds. The Morgan fingerprint density at radius 2 is 2.08 bits per heavy atom. The van der Waals surface area contributed by atoms with Gasteiger partial charge in [-0.15, -0.1) is 0 Å². The van der Waals surface area contributed by atoms with Gasteiger partial charge in [-0.3, -0.25) is 4.99 Å². The fourth-order valence-electron chi connectivity index (χ4n) is 3.09. The molecule has 0 radical (unpaired) electrons. The molecule has 0 aromatic heterocycles. The Labute approximate surface area is 148 Å². The van der Waals surface area contributed by atoms with Crippen molar-refractivity contribution in [1.29, 1.82) is 0 Å². The molecule has 3 rings (SSSR count). The van der Waals surface area contributed by atoms with Gasteiger partial charge in [-0.1, -0.05) is 30.3 Å². The average molecular weight is 341 g/mol. The van der Waals surface area contributed by atoms with Gasteiger partial charge in [0.25, 0.3) is 0 Å². The summed E-state index contributed by atoms with van der Waals surface area (Å²) < 4.78 is 18.9. The van der Waals surface area contributed by atoms with Gasteiger partial charge in [0.1, 0.15) is 11.6 Å². The van der Waals surface area contributed by atoms with Crippen molar-refractivity contribution in [2.75, 3.05) is 26.7 Å². The van der Waals surface area contributed by atoms with Crippen LogP contribution in [0.2, 0.25) is 0 Å². The molecule has 2 N–H and O–H groups in total. The van der Waals surface area contributed by atoms with E-state index in [0.29, 0.717) is 12.5 Å². The van der Waals surface area contributed by atoms with Crippen molar-refractivity contribution < 1.29 is 9.13 Å². The molecule has 1 heterocycles. The van der Waals surface area contributed by atoms with Gasteiger partial charge < -0.3 is 15.4 Å². The van der Waals surface area contributed by atoms with Crippen LogP contribution in [-0.4, -0.2) is 32.7 Å². The maximum Gasteiger partial charge on any atom is 0.191 e. The lowest BCUT2D eigenvalue weighted by Crippen LogP contribution is -2.40. The standard InChI is InChI=1S/C20H24FN3O/c1-22-20(23-11-9-15-5-4-6-17(21)13-15)24-14-16-10-12-25-19-8-3-2-7-18(16)19/h2-8,13,16H,9-12,14H2,1H3,(H2,22,23,24). The van der Waals surface area contributed by atoms with E-state index in [1.807, 2.05) is 24.3 Å². The fourth-order valence-corrected chi connectivity index (χ4v) is 3.09. The van der Waals surface area contributed by atoms with Crippen LogP contribution >= 0.6 is 0 Å². The molecule has 0 fully saturated rings. The van der Waals surface area contributed by atoms with Crippen LogP contribution in [0.15, 0.2) is 53.5 Å². The largest absolute Gasteiger partial charge is 0.493 e. The van der Waals surface area contributed by atoms with Crippen molar-refractivity contribution in [3.8, 4) is 5.75 Å². The van der Waals surface area contributed by atoms with Crippen LogP contribution in [0.5, 0.6) is 5.75 Å². The molecule has 1 unspecified atom stereocenters. The SMILES string of the molecule is CN=C(NCCc1cccc(F)c1)NCC1CCOc2ccccc21. The van der Waals surface area contributed by atoms with Gasteiger partial charge >= 0.3 is 0 Å². The summed E-state index contributed by atoms with van der Waals surface area (Å²) in [5, 5.41) is 6.67. The summed E-state index contributed by atoms with van der Waals surface area (Å²) >= 11 is 0. The molecular weight excluding hydrogens is 317 g/mol. The number of aliphatic imine (C=N–C) groups is 1. The predicted molar refractivity (Wildman–Crippen MR) is 98.8 cm³/mol. The van der Waals surface area contributed by atoms with Crippen molar-refractivity contribution in [2.24, 2.45) is 4.99 Å². The number of halogens is 1. The Bertz CT molecular complexity index is 732. The molecule has 5 heteroatoms. The third-order valence-corrected chi connectivity index (χ3v) is 4.42. The van der Waals surface area contributed by atoms with E-state index in [2.05, 4.69) is 21.7 Å². The van der Waals surface area contributed by atoms with E-state index in [9.17, 15) is 4.39 Å². The molecule has 2 aromatic rings. The first-order chi connectivity index (χ1) is 12.3. The number of benzene rings is 2. The van der Waals surface area contributed by atoms with Crippen molar-refractivity contribution in [3.05, 3.63) is 65.5 Å². The number of rotatable bonds is 5. The number of hydrogen-bond acceptors (Lipinski definition) is 2. The molecular formula is C20H24FN3O. The highest BCUT2D eigenvalue weighted by Gasteiger charge is 2.20. The van der Waals surface area contributed by atoms with Crippen LogP contribution in [0.4, 0.5) is 4.39 Å². The maximum atomic E-state index is 13.2. The van der Waals surface area contributed by atoms with E-state index in [1.165, 1.54) is 11.6 Å². The lowest BCUT2D eigenvalue weighted by Gasteiger charge is -2.26. The molecule has 25 heavy (non-hydrogen) atoms. The van der Waals surface area contributed by atoms with E-state index in [1.54, 1.807) is 19.2 Å². The highest BCUT2D eigenvalue weighted by molar-refractivity contribution is 5.79. The van der Waals surface area contributed by atoms with Crippen LogP contribution in [0.1, 0.15) is 23.5 Å². The zero-order valence-electron chi connectivity index (χ0n) is 14.5. The Morgan fingerprint density at radius 1 is 1.20 bits per heavy atom. The topological polar surface area (TPSA) is 45.7 Å². The maximum absolute atomic E-state index is 13.2. The van der Waals surface area contributed by atoms with E-state index < -0.39 is 0 Å². The Morgan fingerprint density at radius 3 is 2.92 bits per heavy atom. The van der Waals surface area contributed by atoms with Crippen LogP contribution in [0, 0.1) is 5.82 Å². The number of nitrogens with zero attached hydrogens (tertiary/aromatic N) is 1. The predicted octanol–water partition coefficient (Wildman–Crippen LogP) is 3.10. The fraction of sp³-hybridized carbons (Fsp3) is 0.350. The quantitative estimate of drug-likeness (QED) is 0.649. The first-order valence-corrected chi connectivity index (χ1v) is 8.67. The average Bonchev–Trinajstić information content (AvgIpc) is 2.64. The van der Waals surface area contributed by atoms with Crippen molar-refractivity contribution >= 4 is 5.96 Å². The van der Waals surface area contributed by atoms with Crippen molar-refractivity contribution in [3.63, 3.8) is 0 Å². The normalized spacial score (nSPS) is 16.7. The van der Waals surface area contributed by atoms with E-state index >= 15 is 0 Å². The summed E-state index contributed by atoms with van der Waals surface area (Å²) in [6.45, 7) is 2.25. The van der Waals surface area contributed by atoms with Gasteiger partial charge in [-0.25, -0.2) is 4.39 Å². The second-order valence-corrected chi connectivity index (χ2v) is 6.13. The minimum absolute atomic E-state index is 0.196. The third kappa shape index (κ3) is 4.72. The van der Waals surface area contributed by atoms with Gasteiger partial charge in [0.05, 0.1) is 6.61 Å². The second kappa shape index (κ2) is 8.51. The number of nitrogens with one attached hydrogen (secondary N) is 2. The summed E-state index contributed by atoms with van der Waals surface area (Å²) in [5.74, 6) is 1.96. The molecule has 1 atom stereocenters. The van der Waals surface area contributed by atoms with E-state index in [4.69, 9.17) is 4.74 Å². The Balaban J connectivity index is 1.49. The molecule has 2 aromatic carbocycles. The molecule has 0 aliphatic carbocycles. The zero-order valence-corrected chi connectivity index (χ0v) is 14.5. The molecule has 4 nitrogen and oxygen atoms in total. The number of hydrogen-bond donors (Lipinski definition) is 2. The summed E-state index contributed by atoms with van der Waals surface area (Å²) in [6, 6.07) is 14.9. The summed E-state index contributed by atoms with van der Waals surface area (Å²) in [6.07, 6.45) is 1.74. The van der Waals surface area contributed by atoms with Crippen LogP contribution in [0.3, 0.4) is 0 Å². The number of fused-ring (bicyclic) bond motifs is 1. The van der Waals surface area contributed by atoms with Gasteiger partial charge in [-0.2, -0.15) is 0 Å². The lowest BCUT2D eigenvalue weighted by molar-refractivity contribution is 0.267. The highest BCUT2D eigenvalue weighted by atomic mass is 19.1. The van der Waals surface area contributed by atoms with Crippen LogP contribution in [0.25, 0.3) is 0 Å². The van der Waals surface area contributed by atoms with Crippen molar-refractivity contribution in [1.82, 2.24) is 10.6 Å². The molecule has 1 aliphatic heterocycles. The summed E-state index contributed by atoms with van der Waals surface area (Å²) in [4.78, 5) is 4.27. The molecule has 132 valence electrons. The minimum Gasteiger partial charge on any atom is -0.493 e. The first-order valence-electron chi connectivity index (χ1n) is 8.67. The third-order valence-electron chi connectivity index (χ3n) is 4.42. The number of guanidine groups is 1. The van der Waals surface area contributed by atoms with Crippen LogP contribution in [-0.2, 0) is 6.42 Å². The second-order valence-electron chi connectivity index (χ2n) is 6.13. The monoisotopic (exact) mass is 341 g/mol. The van der Waals surface area contributed by atoms with E-state index in [-0.39, 0.29) is 5.82 Å². The van der Waals surface area contributed by atoms with Gasteiger partial charge in [0.15, 0.2) is 5.96 Å². The summed E-state index contributed by atoms with van der Waals surface area (Å²) in [7, 11) is 1.76. The van der Waals surface area contributed by atoms with Crippen LogP contribution < -0.4 is 15.4 Å². The zero-order chi connectivity index (χ0) is 17.5. The number of ether oxygens (including phenoxy) is 1. The highest BCUT2D eigenvalue weighted by Crippen LogP contribution is 2.32. The van der Waals surface area contributed by atoms with Gasteiger partial charge in [-0.05, 0) is 42.2 Å². The Hall–Kier alpha value is -2.56. The van der Waals surface area contributed by atoms with E-state index in [0.717, 1.165) is 43.3 Å². The lowest BCUT2D eigenvalue weighted by atomic mass is 9.93. The molecule has 0 saturated heterocycles. The summed E-state index contributed by atoms with van der Waals surface area (Å²) in [5.41, 5.74) is 2.22. The van der Waals surface area contributed by atoms with Gasteiger partial charge in [0.2, 0.25) is 0 Å². The smallest absolute Gasteiger partial charge is 0.191 e. The first kappa shape index (κ1) is 17.3. The Kier molecular flexibility index (Phi) is 5.88. The van der Waals surface area contributed by atoms with Gasteiger partial charge in [0, 0.05) is 26.1 Å². The van der Waals surface area contributed by atoms with Crippen molar-refractivity contribution in [2.45, 2.75) is 18.8 Å².